The summed E-state index contributed by atoms with van der Waals surface area (Å²) in [5.74, 6) is 0. The van der Waals surface area contributed by atoms with Gasteiger partial charge >= 0.3 is 0 Å². The van der Waals surface area contributed by atoms with Gasteiger partial charge in [0.2, 0.25) is 0 Å². The van der Waals surface area contributed by atoms with Crippen molar-refractivity contribution in [3.8, 4) is 0 Å². The van der Waals surface area contributed by atoms with Crippen LogP contribution in [0, 0.1) is 6.92 Å². The second kappa shape index (κ2) is 6.74. The van der Waals surface area contributed by atoms with Gasteiger partial charge in [0.1, 0.15) is 0 Å². The van der Waals surface area contributed by atoms with E-state index in [-0.39, 0.29) is 6.04 Å². The number of aryl methyl sites for hydroxylation is 2. The molecule has 2 aromatic carbocycles. The van der Waals surface area contributed by atoms with E-state index in [2.05, 4.69) is 37.3 Å². The molecule has 0 aliphatic carbocycles. The second-order valence-corrected chi connectivity index (χ2v) is 5.43. The minimum Gasteiger partial charge on any atom is -0.327 e. The van der Waals surface area contributed by atoms with Crippen LogP contribution in [0.4, 0.5) is 0 Å². The van der Waals surface area contributed by atoms with Gasteiger partial charge in [-0.05, 0) is 48.9 Å². The van der Waals surface area contributed by atoms with E-state index in [9.17, 15) is 0 Å². The molecule has 0 aliphatic rings. The van der Waals surface area contributed by atoms with Crippen LogP contribution in [0.25, 0.3) is 0 Å². The maximum atomic E-state index is 6.21. The number of benzene rings is 2. The molecule has 0 aromatic heterocycles. The van der Waals surface area contributed by atoms with Crippen molar-refractivity contribution in [1.29, 1.82) is 0 Å². The Morgan fingerprint density at radius 2 is 1.63 bits per heavy atom. The highest BCUT2D eigenvalue weighted by Gasteiger charge is 2.08. The summed E-state index contributed by atoms with van der Waals surface area (Å²) in [7, 11) is 0. The third kappa shape index (κ3) is 4.09. The Bertz CT molecular complexity index is 536. The summed E-state index contributed by atoms with van der Waals surface area (Å²) in [5.41, 5.74) is 10.1. The van der Waals surface area contributed by atoms with Crippen molar-refractivity contribution >= 4 is 11.6 Å². The molecule has 100 valence electrons. The predicted octanol–water partition coefficient (Wildman–Crippen LogP) is 4.15. The quantitative estimate of drug-likeness (QED) is 0.870. The molecule has 1 unspecified atom stereocenters. The Kier molecular flexibility index (Phi) is 5.00. The fourth-order valence-corrected chi connectivity index (χ4v) is 2.49. The first-order valence-corrected chi connectivity index (χ1v) is 7.08. The van der Waals surface area contributed by atoms with Gasteiger partial charge < -0.3 is 5.73 Å². The maximum absolute atomic E-state index is 6.21. The monoisotopic (exact) mass is 273 g/mol. The molecule has 2 N–H and O–H groups in total. The van der Waals surface area contributed by atoms with Gasteiger partial charge in [-0.2, -0.15) is 0 Å². The van der Waals surface area contributed by atoms with Gasteiger partial charge in [-0.3, -0.25) is 0 Å². The first-order valence-electron chi connectivity index (χ1n) is 6.70. The maximum Gasteiger partial charge on any atom is 0.0438 e. The van der Waals surface area contributed by atoms with Crippen LogP contribution in [-0.4, -0.2) is 6.04 Å². The van der Waals surface area contributed by atoms with Crippen LogP contribution in [0.1, 0.15) is 23.1 Å². The fraction of sp³-hybridized carbons (Fsp3) is 0.294. The Morgan fingerprint density at radius 3 is 2.32 bits per heavy atom. The van der Waals surface area contributed by atoms with Crippen molar-refractivity contribution in [2.75, 3.05) is 0 Å². The summed E-state index contributed by atoms with van der Waals surface area (Å²) >= 11 is 6.16. The molecule has 0 amide bonds. The van der Waals surface area contributed by atoms with Crippen molar-refractivity contribution < 1.29 is 0 Å². The predicted molar refractivity (Wildman–Crippen MR) is 82.6 cm³/mol. The lowest BCUT2D eigenvalue weighted by molar-refractivity contribution is 0.609. The summed E-state index contributed by atoms with van der Waals surface area (Å²) in [6.45, 7) is 2.15. The smallest absolute Gasteiger partial charge is 0.0438 e. The Hall–Kier alpha value is -1.31. The summed E-state index contributed by atoms with van der Waals surface area (Å²) < 4.78 is 0. The zero-order chi connectivity index (χ0) is 13.7. The third-order valence-corrected chi connectivity index (χ3v) is 3.85. The molecule has 0 heterocycles. The number of halogens is 1. The fourth-order valence-electron chi connectivity index (χ4n) is 2.28. The highest BCUT2D eigenvalue weighted by molar-refractivity contribution is 6.31. The van der Waals surface area contributed by atoms with E-state index in [4.69, 9.17) is 17.3 Å². The van der Waals surface area contributed by atoms with E-state index in [1.165, 1.54) is 11.1 Å². The SMILES string of the molecule is Cc1ccccc1CCC(N)Cc1ccccc1Cl. The van der Waals surface area contributed by atoms with Crippen molar-refractivity contribution in [3.63, 3.8) is 0 Å². The second-order valence-electron chi connectivity index (χ2n) is 5.02. The van der Waals surface area contributed by atoms with Crippen LogP contribution in [0.2, 0.25) is 5.02 Å². The molecule has 2 aromatic rings. The van der Waals surface area contributed by atoms with Crippen molar-refractivity contribution in [1.82, 2.24) is 0 Å². The number of hydrogen-bond acceptors (Lipinski definition) is 1. The molecule has 2 heteroatoms. The zero-order valence-corrected chi connectivity index (χ0v) is 12.0. The Morgan fingerprint density at radius 1 is 1.00 bits per heavy atom. The largest absolute Gasteiger partial charge is 0.327 e. The molecule has 1 atom stereocenters. The lowest BCUT2D eigenvalue weighted by Gasteiger charge is -2.13. The summed E-state index contributed by atoms with van der Waals surface area (Å²) in [4.78, 5) is 0. The van der Waals surface area contributed by atoms with Crippen molar-refractivity contribution in [3.05, 3.63) is 70.2 Å². The van der Waals surface area contributed by atoms with Crippen LogP contribution < -0.4 is 5.73 Å². The average molecular weight is 274 g/mol. The lowest BCUT2D eigenvalue weighted by Crippen LogP contribution is -2.23. The third-order valence-electron chi connectivity index (χ3n) is 3.49. The Labute approximate surface area is 120 Å². The van der Waals surface area contributed by atoms with Crippen LogP contribution in [0.5, 0.6) is 0 Å². The molecule has 0 radical (unpaired) electrons. The van der Waals surface area contributed by atoms with Gasteiger partial charge in [-0.25, -0.2) is 0 Å². The molecular weight excluding hydrogens is 254 g/mol. The molecule has 0 spiro atoms. The van der Waals surface area contributed by atoms with E-state index < -0.39 is 0 Å². The van der Waals surface area contributed by atoms with E-state index in [0.29, 0.717) is 0 Å². The minimum absolute atomic E-state index is 0.152. The van der Waals surface area contributed by atoms with Gasteiger partial charge in [-0.15, -0.1) is 0 Å². The zero-order valence-electron chi connectivity index (χ0n) is 11.3. The summed E-state index contributed by atoms with van der Waals surface area (Å²) in [6.07, 6.45) is 2.85. The summed E-state index contributed by atoms with van der Waals surface area (Å²) in [6, 6.07) is 16.6. The van der Waals surface area contributed by atoms with Crippen molar-refractivity contribution in [2.24, 2.45) is 5.73 Å². The van der Waals surface area contributed by atoms with Gasteiger partial charge in [0.05, 0.1) is 0 Å². The van der Waals surface area contributed by atoms with Gasteiger partial charge in [0.15, 0.2) is 0 Å². The van der Waals surface area contributed by atoms with Crippen LogP contribution in [-0.2, 0) is 12.8 Å². The van der Waals surface area contributed by atoms with E-state index in [0.717, 1.165) is 29.8 Å². The molecular formula is C17H20ClN. The molecule has 1 nitrogen and oxygen atoms in total. The number of hydrogen-bond donors (Lipinski definition) is 1. The minimum atomic E-state index is 0.152. The standard InChI is InChI=1S/C17H20ClN/c1-13-6-2-3-7-14(13)10-11-16(19)12-15-8-4-5-9-17(15)18/h2-9,16H,10-12,19H2,1H3. The van der Waals surface area contributed by atoms with Gasteiger partial charge in [0, 0.05) is 11.1 Å². The highest BCUT2D eigenvalue weighted by atomic mass is 35.5. The first-order chi connectivity index (χ1) is 9.16. The van der Waals surface area contributed by atoms with E-state index >= 15 is 0 Å². The van der Waals surface area contributed by atoms with Gasteiger partial charge in [-0.1, -0.05) is 54.1 Å². The van der Waals surface area contributed by atoms with Crippen LogP contribution in [0.3, 0.4) is 0 Å². The molecule has 0 aliphatic heterocycles. The van der Waals surface area contributed by atoms with E-state index in [1.807, 2.05) is 18.2 Å². The highest BCUT2D eigenvalue weighted by Crippen LogP contribution is 2.18. The molecule has 0 bridgehead atoms. The molecule has 0 fully saturated rings. The number of rotatable bonds is 5. The molecule has 2 rings (SSSR count). The topological polar surface area (TPSA) is 26.0 Å². The van der Waals surface area contributed by atoms with Gasteiger partial charge in [0.25, 0.3) is 0 Å². The van der Waals surface area contributed by atoms with E-state index in [1.54, 1.807) is 0 Å². The molecule has 0 saturated carbocycles. The Balaban J connectivity index is 1.90. The van der Waals surface area contributed by atoms with Crippen molar-refractivity contribution in [2.45, 2.75) is 32.2 Å². The van der Waals surface area contributed by atoms with Crippen LogP contribution in [0.15, 0.2) is 48.5 Å². The molecule has 19 heavy (non-hydrogen) atoms. The normalized spacial score (nSPS) is 12.4. The number of nitrogens with two attached hydrogens (primary N) is 1. The lowest BCUT2D eigenvalue weighted by atomic mass is 9.97. The average Bonchev–Trinajstić information content (AvgIpc) is 2.40. The first kappa shape index (κ1) is 14.1. The summed E-state index contributed by atoms with van der Waals surface area (Å²) in [5, 5.41) is 0.814. The molecule has 0 saturated heterocycles. The van der Waals surface area contributed by atoms with Crippen LogP contribution >= 0.6 is 11.6 Å².